The van der Waals surface area contributed by atoms with Crippen molar-refractivity contribution in [3.05, 3.63) is 52.0 Å². The van der Waals surface area contributed by atoms with Crippen LogP contribution in [-0.2, 0) is 9.53 Å². The van der Waals surface area contributed by atoms with Gasteiger partial charge in [-0.25, -0.2) is 4.79 Å². The summed E-state index contributed by atoms with van der Waals surface area (Å²) < 4.78 is 4.83. The third-order valence-electron chi connectivity index (χ3n) is 2.78. The van der Waals surface area contributed by atoms with E-state index in [0.717, 1.165) is 0 Å². The van der Waals surface area contributed by atoms with E-state index in [4.69, 9.17) is 33.7 Å². The average molecular weight is 355 g/mol. The summed E-state index contributed by atoms with van der Waals surface area (Å²) in [5.41, 5.74) is 6.02. The lowest BCUT2D eigenvalue weighted by atomic mass is 10.2. The van der Waals surface area contributed by atoms with Crippen LogP contribution in [0.1, 0.15) is 10.4 Å². The van der Waals surface area contributed by atoms with Crippen molar-refractivity contribution in [1.29, 1.82) is 0 Å². The molecular weight excluding hydrogens is 343 g/mol. The summed E-state index contributed by atoms with van der Waals surface area (Å²) in [6.45, 7) is -0.540. The molecule has 0 bridgehead atoms. The molecule has 0 heterocycles. The number of carbonyl (C=O) groups is 2. The van der Waals surface area contributed by atoms with Crippen LogP contribution in [0.3, 0.4) is 0 Å². The summed E-state index contributed by atoms with van der Waals surface area (Å²) >= 11 is 11.7. The lowest BCUT2D eigenvalue weighted by Crippen LogP contribution is -2.21. The quantitative estimate of drug-likeness (QED) is 0.578. The molecule has 0 saturated carbocycles. The van der Waals surface area contributed by atoms with Gasteiger partial charge in [-0.3, -0.25) is 4.79 Å². The van der Waals surface area contributed by atoms with Crippen LogP contribution in [-0.4, -0.2) is 23.6 Å². The lowest BCUT2D eigenvalue weighted by Gasteiger charge is -2.09. The van der Waals surface area contributed by atoms with Gasteiger partial charge in [-0.15, -0.1) is 0 Å². The summed E-state index contributed by atoms with van der Waals surface area (Å²) in [7, 11) is 0. The van der Waals surface area contributed by atoms with E-state index in [-0.39, 0.29) is 16.3 Å². The van der Waals surface area contributed by atoms with Gasteiger partial charge in [-0.2, -0.15) is 0 Å². The number of phenolic OH excluding ortho intramolecular Hbond substituents is 1. The molecule has 2 aromatic carbocycles. The molecule has 2 aromatic rings. The lowest BCUT2D eigenvalue weighted by molar-refractivity contribution is -0.119. The fourth-order valence-electron chi connectivity index (χ4n) is 1.71. The van der Waals surface area contributed by atoms with Gasteiger partial charge in [0.1, 0.15) is 11.3 Å². The number of phenols is 1. The maximum absolute atomic E-state index is 11.8. The number of hydrogen-bond donors (Lipinski definition) is 3. The monoisotopic (exact) mass is 354 g/mol. The molecule has 1 amide bonds. The standard InChI is InChI=1S/C15H12Cl2N2O4/c16-8-1-4-12(11(17)5-8)19-14(21)7-23-15(22)10-3-2-9(18)6-13(10)20/h1-6,20H,7,18H2,(H,19,21). The second kappa shape index (κ2) is 7.21. The molecule has 4 N–H and O–H groups in total. The van der Waals surface area contributed by atoms with Gasteiger partial charge in [0.05, 0.1) is 10.7 Å². The first-order valence-electron chi connectivity index (χ1n) is 6.37. The Morgan fingerprint density at radius 2 is 1.91 bits per heavy atom. The third-order valence-corrected chi connectivity index (χ3v) is 3.33. The van der Waals surface area contributed by atoms with Crippen LogP contribution in [0.4, 0.5) is 11.4 Å². The van der Waals surface area contributed by atoms with E-state index in [1.807, 2.05) is 0 Å². The number of anilines is 2. The minimum absolute atomic E-state index is 0.0866. The predicted molar refractivity (Wildman–Crippen MR) is 87.9 cm³/mol. The zero-order valence-electron chi connectivity index (χ0n) is 11.7. The van der Waals surface area contributed by atoms with Crippen molar-refractivity contribution in [2.24, 2.45) is 0 Å². The zero-order valence-corrected chi connectivity index (χ0v) is 13.2. The number of aromatic hydroxyl groups is 1. The number of halogens is 2. The van der Waals surface area contributed by atoms with Crippen LogP contribution in [0, 0.1) is 0 Å². The number of esters is 1. The highest BCUT2D eigenvalue weighted by Gasteiger charge is 2.15. The Bertz CT molecular complexity index is 765. The Labute approximate surface area is 141 Å². The molecule has 0 unspecified atom stereocenters. The maximum atomic E-state index is 11.8. The van der Waals surface area contributed by atoms with Gasteiger partial charge >= 0.3 is 5.97 Å². The van der Waals surface area contributed by atoms with Crippen LogP contribution in [0.25, 0.3) is 0 Å². The topological polar surface area (TPSA) is 102 Å². The summed E-state index contributed by atoms with van der Waals surface area (Å²) in [5, 5.41) is 12.8. The van der Waals surface area contributed by atoms with Crippen molar-refractivity contribution in [1.82, 2.24) is 0 Å². The number of carbonyl (C=O) groups excluding carboxylic acids is 2. The van der Waals surface area contributed by atoms with Crippen molar-refractivity contribution in [3.63, 3.8) is 0 Å². The second-order valence-electron chi connectivity index (χ2n) is 4.53. The molecule has 0 spiro atoms. The molecule has 0 aliphatic heterocycles. The van der Waals surface area contributed by atoms with E-state index in [1.54, 1.807) is 6.07 Å². The fraction of sp³-hybridized carbons (Fsp3) is 0.0667. The summed E-state index contributed by atoms with van der Waals surface area (Å²) in [5.74, 6) is -1.76. The Hall–Kier alpha value is -2.44. The minimum atomic E-state index is -0.847. The molecule has 0 atom stereocenters. The van der Waals surface area contributed by atoms with Gasteiger partial charge < -0.3 is 20.9 Å². The normalized spacial score (nSPS) is 10.2. The first-order chi connectivity index (χ1) is 10.9. The molecule has 0 aliphatic carbocycles. The molecule has 8 heteroatoms. The number of ether oxygens (including phenoxy) is 1. The summed E-state index contributed by atoms with van der Waals surface area (Å²) in [6.07, 6.45) is 0. The molecule has 0 aromatic heterocycles. The SMILES string of the molecule is Nc1ccc(C(=O)OCC(=O)Nc2ccc(Cl)cc2Cl)c(O)c1. The Morgan fingerprint density at radius 3 is 2.57 bits per heavy atom. The van der Waals surface area contributed by atoms with Crippen LogP contribution < -0.4 is 11.1 Å². The van der Waals surface area contributed by atoms with Crippen molar-refractivity contribution in [3.8, 4) is 5.75 Å². The summed E-state index contributed by atoms with van der Waals surface area (Å²) in [6, 6.07) is 8.50. The molecule has 2 rings (SSSR count). The second-order valence-corrected chi connectivity index (χ2v) is 5.37. The van der Waals surface area contributed by atoms with Crippen LogP contribution >= 0.6 is 23.2 Å². The summed E-state index contributed by atoms with van der Waals surface area (Å²) in [4.78, 5) is 23.6. The smallest absolute Gasteiger partial charge is 0.342 e. The number of hydrogen-bond acceptors (Lipinski definition) is 5. The molecular formula is C15H12Cl2N2O4. The van der Waals surface area contributed by atoms with Gasteiger partial charge in [0.2, 0.25) is 0 Å². The average Bonchev–Trinajstić information content (AvgIpc) is 2.48. The Balaban J connectivity index is 1.94. The van der Waals surface area contributed by atoms with Crippen molar-refractivity contribution < 1.29 is 19.4 Å². The Kier molecular flexibility index (Phi) is 5.31. The first-order valence-corrected chi connectivity index (χ1v) is 7.13. The van der Waals surface area contributed by atoms with E-state index in [0.29, 0.717) is 16.4 Å². The third kappa shape index (κ3) is 4.51. The highest BCUT2D eigenvalue weighted by Crippen LogP contribution is 2.25. The highest BCUT2D eigenvalue weighted by atomic mass is 35.5. The number of nitrogen functional groups attached to an aromatic ring is 1. The fourth-order valence-corrected chi connectivity index (χ4v) is 2.16. The van der Waals surface area contributed by atoms with E-state index in [1.165, 1.54) is 30.3 Å². The van der Waals surface area contributed by atoms with Crippen LogP contribution in [0.5, 0.6) is 5.75 Å². The van der Waals surface area contributed by atoms with E-state index in [9.17, 15) is 14.7 Å². The minimum Gasteiger partial charge on any atom is -0.507 e. The largest absolute Gasteiger partial charge is 0.507 e. The molecule has 0 fully saturated rings. The van der Waals surface area contributed by atoms with Gasteiger partial charge in [0.15, 0.2) is 6.61 Å². The molecule has 6 nitrogen and oxygen atoms in total. The molecule has 120 valence electrons. The van der Waals surface area contributed by atoms with Crippen LogP contribution in [0.2, 0.25) is 10.0 Å². The van der Waals surface area contributed by atoms with Gasteiger partial charge in [-0.05, 0) is 30.3 Å². The number of nitrogens with two attached hydrogens (primary N) is 1. The highest BCUT2D eigenvalue weighted by molar-refractivity contribution is 6.36. The van der Waals surface area contributed by atoms with Gasteiger partial charge in [0, 0.05) is 16.8 Å². The number of nitrogens with one attached hydrogen (secondary N) is 1. The van der Waals surface area contributed by atoms with Crippen molar-refractivity contribution in [2.45, 2.75) is 0 Å². The molecule has 0 radical (unpaired) electrons. The predicted octanol–water partition coefficient (Wildman–Crippen LogP) is 3.08. The van der Waals surface area contributed by atoms with E-state index < -0.39 is 18.5 Å². The van der Waals surface area contributed by atoms with E-state index >= 15 is 0 Å². The number of rotatable bonds is 4. The number of benzene rings is 2. The molecule has 23 heavy (non-hydrogen) atoms. The molecule has 0 saturated heterocycles. The van der Waals surface area contributed by atoms with Crippen molar-refractivity contribution >= 4 is 46.5 Å². The van der Waals surface area contributed by atoms with Gasteiger partial charge in [-0.1, -0.05) is 23.2 Å². The van der Waals surface area contributed by atoms with Crippen molar-refractivity contribution in [2.75, 3.05) is 17.7 Å². The van der Waals surface area contributed by atoms with E-state index in [2.05, 4.69) is 5.32 Å². The first kappa shape index (κ1) is 16.9. The Morgan fingerprint density at radius 1 is 1.17 bits per heavy atom. The van der Waals surface area contributed by atoms with Crippen LogP contribution in [0.15, 0.2) is 36.4 Å². The molecule has 0 aliphatic rings. The maximum Gasteiger partial charge on any atom is 0.342 e. The number of amides is 1. The van der Waals surface area contributed by atoms with Gasteiger partial charge in [0.25, 0.3) is 5.91 Å². The zero-order chi connectivity index (χ0) is 17.0.